The highest BCUT2D eigenvalue weighted by Crippen LogP contribution is 2.15. The Hall–Kier alpha value is -0.560. The first kappa shape index (κ1) is 24.4. The molecule has 0 atom stereocenters. The van der Waals surface area contributed by atoms with Crippen LogP contribution in [-0.2, 0) is 0 Å². The summed E-state index contributed by atoms with van der Waals surface area (Å²) in [7, 11) is 0. The highest BCUT2D eigenvalue weighted by Gasteiger charge is 1.96. The van der Waals surface area contributed by atoms with Crippen molar-refractivity contribution in [3.8, 4) is 0 Å². The highest BCUT2D eigenvalue weighted by molar-refractivity contribution is 5.04. The number of rotatable bonds is 17. The van der Waals surface area contributed by atoms with Crippen LogP contribution in [0, 0.1) is 5.92 Å². The zero-order chi connectivity index (χ0) is 18.8. The molecule has 0 heterocycles. The van der Waals surface area contributed by atoms with Crippen LogP contribution in [0.1, 0.15) is 118 Å². The van der Waals surface area contributed by atoms with Gasteiger partial charge in [-0.3, -0.25) is 0 Å². The van der Waals surface area contributed by atoms with Crippen LogP contribution in [0.15, 0.2) is 23.3 Å². The quantitative estimate of drug-likeness (QED) is 0.209. The lowest BCUT2D eigenvalue weighted by molar-refractivity contribution is 0.547. The van der Waals surface area contributed by atoms with Crippen molar-refractivity contribution in [2.24, 2.45) is 11.7 Å². The number of hydrogen-bond acceptors (Lipinski definition) is 1. The van der Waals surface area contributed by atoms with Crippen LogP contribution in [0.4, 0.5) is 0 Å². The second-order valence-corrected chi connectivity index (χ2v) is 8.16. The Morgan fingerprint density at radius 3 is 1.64 bits per heavy atom. The molecule has 0 aliphatic rings. The van der Waals surface area contributed by atoms with Crippen molar-refractivity contribution in [1.29, 1.82) is 0 Å². The fourth-order valence-electron chi connectivity index (χ4n) is 3.09. The average molecular weight is 350 g/mol. The first-order chi connectivity index (χ1) is 12.1. The number of unbranched alkanes of at least 4 members (excludes halogenated alkanes) is 11. The highest BCUT2D eigenvalue weighted by atomic mass is 14.5. The van der Waals surface area contributed by atoms with Gasteiger partial charge < -0.3 is 5.73 Å². The van der Waals surface area contributed by atoms with Gasteiger partial charge in [-0.05, 0) is 58.4 Å². The second kappa shape index (κ2) is 18.2. The SMILES string of the molecule is C/C(=C\CCCCCCCCCCCCCN)CC/C=C(\C)C(C)C. The molecule has 1 nitrogen and oxygen atoms in total. The van der Waals surface area contributed by atoms with Gasteiger partial charge in [0.1, 0.15) is 0 Å². The van der Waals surface area contributed by atoms with Crippen LogP contribution in [0.3, 0.4) is 0 Å². The zero-order valence-corrected chi connectivity index (χ0v) is 17.9. The van der Waals surface area contributed by atoms with Crippen LogP contribution in [0.5, 0.6) is 0 Å². The maximum Gasteiger partial charge on any atom is -0.00773 e. The summed E-state index contributed by atoms with van der Waals surface area (Å²) in [5.74, 6) is 0.695. The molecule has 0 rings (SSSR count). The normalized spacial score (nSPS) is 13.0. The molecule has 0 radical (unpaired) electrons. The molecule has 0 spiro atoms. The van der Waals surface area contributed by atoms with Gasteiger partial charge in [0, 0.05) is 0 Å². The van der Waals surface area contributed by atoms with Gasteiger partial charge in [0.15, 0.2) is 0 Å². The first-order valence-electron chi connectivity index (χ1n) is 11.1. The van der Waals surface area contributed by atoms with E-state index in [-0.39, 0.29) is 0 Å². The Balaban J connectivity index is 3.38. The molecular weight excluding hydrogens is 302 g/mol. The van der Waals surface area contributed by atoms with Crippen LogP contribution in [-0.4, -0.2) is 6.54 Å². The minimum Gasteiger partial charge on any atom is -0.330 e. The van der Waals surface area contributed by atoms with E-state index in [2.05, 4.69) is 39.8 Å². The summed E-state index contributed by atoms with van der Waals surface area (Å²) in [6.45, 7) is 9.97. The van der Waals surface area contributed by atoms with Gasteiger partial charge in [0.2, 0.25) is 0 Å². The van der Waals surface area contributed by atoms with E-state index in [1.54, 1.807) is 5.57 Å². The summed E-state index contributed by atoms with van der Waals surface area (Å²) >= 11 is 0. The lowest BCUT2D eigenvalue weighted by atomic mass is 10.0. The monoisotopic (exact) mass is 349 g/mol. The second-order valence-electron chi connectivity index (χ2n) is 8.16. The fourth-order valence-corrected chi connectivity index (χ4v) is 3.09. The average Bonchev–Trinajstić information content (AvgIpc) is 2.58. The van der Waals surface area contributed by atoms with E-state index >= 15 is 0 Å². The van der Waals surface area contributed by atoms with Crippen molar-refractivity contribution in [1.82, 2.24) is 0 Å². The topological polar surface area (TPSA) is 26.0 Å². The van der Waals surface area contributed by atoms with Crippen LogP contribution in [0.25, 0.3) is 0 Å². The van der Waals surface area contributed by atoms with E-state index in [1.165, 1.54) is 95.5 Å². The summed E-state index contributed by atoms with van der Waals surface area (Å²) in [4.78, 5) is 0. The van der Waals surface area contributed by atoms with Gasteiger partial charge in [-0.25, -0.2) is 0 Å². The van der Waals surface area contributed by atoms with Gasteiger partial charge in [0.05, 0.1) is 0 Å². The third-order valence-electron chi connectivity index (χ3n) is 5.32. The van der Waals surface area contributed by atoms with Gasteiger partial charge in [-0.15, -0.1) is 0 Å². The molecule has 0 fully saturated rings. The third kappa shape index (κ3) is 18.0. The lowest BCUT2D eigenvalue weighted by Crippen LogP contribution is -1.97. The molecule has 0 saturated carbocycles. The Morgan fingerprint density at radius 1 is 0.680 bits per heavy atom. The van der Waals surface area contributed by atoms with Gasteiger partial charge in [-0.1, -0.05) is 94.9 Å². The van der Waals surface area contributed by atoms with Crippen molar-refractivity contribution in [2.45, 2.75) is 118 Å². The molecule has 0 aromatic carbocycles. The van der Waals surface area contributed by atoms with Crippen LogP contribution < -0.4 is 5.73 Å². The van der Waals surface area contributed by atoms with E-state index in [9.17, 15) is 0 Å². The Bertz CT molecular complexity index is 338. The Labute approximate surface area is 159 Å². The van der Waals surface area contributed by atoms with E-state index < -0.39 is 0 Å². The van der Waals surface area contributed by atoms with Crippen molar-refractivity contribution < 1.29 is 0 Å². The Morgan fingerprint density at radius 2 is 1.16 bits per heavy atom. The Kier molecular flexibility index (Phi) is 17.8. The molecule has 0 aromatic rings. The maximum atomic E-state index is 5.51. The van der Waals surface area contributed by atoms with Crippen molar-refractivity contribution in [2.75, 3.05) is 6.54 Å². The molecule has 0 aliphatic heterocycles. The van der Waals surface area contributed by atoms with Gasteiger partial charge in [-0.2, -0.15) is 0 Å². The number of nitrogens with two attached hydrogens (primary N) is 1. The summed E-state index contributed by atoms with van der Waals surface area (Å²) < 4.78 is 0. The molecule has 1 heteroatoms. The molecular formula is C24H47N. The smallest absolute Gasteiger partial charge is 0.00773 e. The molecule has 25 heavy (non-hydrogen) atoms. The summed E-state index contributed by atoms with van der Waals surface area (Å²) in [5, 5.41) is 0. The van der Waals surface area contributed by atoms with E-state index in [0.717, 1.165) is 6.54 Å². The zero-order valence-electron chi connectivity index (χ0n) is 17.9. The van der Waals surface area contributed by atoms with Crippen LogP contribution >= 0.6 is 0 Å². The van der Waals surface area contributed by atoms with Crippen molar-refractivity contribution >= 4 is 0 Å². The summed E-state index contributed by atoms with van der Waals surface area (Å²) in [5.41, 5.74) is 8.61. The first-order valence-corrected chi connectivity index (χ1v) is 11.1. The standard InChI is InChI=1S/C24H47N/c1-22(2)24(4)20-17-19-23(3)18-15-13-11-9-7-5-6-8-10-12-14-16-21-25/h18,20,22H,5-17,19,21,25H2,1-4H3/b23-18+,24-20+. The summed E-state index contributed by atoms with van der Waals surface area (Å²) in [6, 6.07) is 0. The molecule has 0 aliphatic carbocycles. The summed E-state index contributed by atoms with van der Waals surface area (Å²) in [6.07, 6.45) is 23.9. The van der Waals surface area contributed by atoms with E-state index in [4.69, 9.17) is 5.73 Å². The number of hydrogen-bond donors (Lipinski definition) is 1. The van der Waals surface area contributed by atoms with Crippen molar-refractivity contribution in [3.63, 3.8) is 0 Å². The molecule has 0 amide bonds. The minimum atomic E-state index is 0.695. The largest absolute Gasteiger partial charge is 0.330 e. The van der Waals surface area contributed by atoms with Gasteiger partial charge in [0.25, 0.3) is 0 Å². The minimum absolute atomic E-state index is 0.695. The molecule has 2 N–H and O–H groups in total. The number of allylic oxidation sites excluding steroid dienone is 4. The molecule has 0 saturated heterocycles. The van der Waals surface area contributed by atoms with Gasteiger partial charge >= 0.3 is 0 Å². The molecule has 0 unspecified atom stereocenters. The molecule has 0 bridgehead atoms. The molecule has 0 aromatic heterocycles. The maximum absolute atomic E-state index is 5.51. The third-order valence-corrected chi connectivity index (χ3v) is 5.32. The predicted molar refractivity (Wildman–Crippen MR) is 116 cm³/mol. The predicted octanol–water partition coefficient (Wildman–Crippen LogP) is 7.96. The molecule has 148 valence electrons. The fraction of sp³-hybridized carbons (Fsp3) is 0.833. The lowest BCUT2D eigenvalue weighted by Gasteiger charge is -2.05. The van der Waals surface area contributed by atoms with Crippen molar-refractivity contribution in [3.05, 3.63) is 23.3 Å². The van der Waals surface area contributed by atoms with E-state index in [1.807, 2.05) is 0 Å². The van der Waals surface area contributed by atoms with Crippen LogP contribution in [0.2, 0.25) is 0 Å². The van der Waals surface area contributed by atoms with E-state index in [0.29, 0.717) is 5.92 Å².